The van der Waals surface area contributed by atoms with E-state index < -0.39 is 54.8 Å². The lowest BCUT2D eigenvalue weighted by Gasteiger charge is -2.38. The van der Waals surface area contributed by atoms with Gasteiger partial charge in [-0.1, -0.05) is 0 Å². The number of carbonyl (C=O) groups is 3. The molecule has 2 amide bonds. The van der Waals surface area contributed by atoms with Gasteiger partial charge in [-0.05, 0) is 56.5 Å². The van der Waals surface area contributed by atoms with Gasteiger partial charge in [0, 0.05) is 30.5 Å². The van der Waals surface area contributed by atoms with Crippen molar-refractivity contribution in [3.8, 4) is 0 Å². The van der Waals surface area contributed by atoms with Crippen molar-refractivity contribution in [3.63, 3.8) is 0 Å². The van der Waals surface area contributed by atoms with Gasteiger partial charge in [0.2, 0.25) is 0 Å². The second-order valence-electron chi connectivity index (χ2n) is 8.66. The molecule has 1 aliphatic heterocycles. The first-order valence-electron chi connectivity index (χ1n) is 11.2. The number of hydrogen-bond acceptors (Lipinski definition) is 4. The van der Waals surface area contributed by atoms with Crippen molar-refractivity contribution in [3.05, 3.63) is 52.1 Å². The summed E-state index contributed by atoms with van der Waals surface area (Å²) in [5.41, 5.74) is 5.45. The fraction of sp³-hybridized carbons (Fsp3) is 0.458. The molecule has 1 aromatic carbocycles. The Bertz CT molecular complexity index is 1190. The Balaban J connectivity index is 2.12. The molecule has 1 saturated heterocycles. The van der Waals surface area contributed by atoms with E-state index in [1.54, 1.807) is 0 Å². The zero-order chi connectivity index (χ0) is 26.9. The molecular weight excluding hydrogens is 489 g/mol. The first-order valence-corrected chi connectivity index (χ1v) is 11.2. The predicted molar refractivity (Wildman–Crippen MR) is 120 cm³/mol. The van der Waals surface area contributed by atoms with Crippen molar-refractivity contribution in [2.75, 3.05) is 18.2 Å². The molecule has 2 heterocycles. The van der Waals surface area contributed by atoms with E-state index >= 15 is 0 Å². The number of rotatable bonds is 7. The van der Waals surface area contributed by atoms with E-state index in [0.717, 1.165) is 15.5 Å². The van der Waals surface area contributed by atoms with E-state index in [9.17, 15) is 36.3 Å². The molecule has 2 unspecified atom stereocenters. The SMILES string of the molecule is Cc1cc(N(C(=O)C(=O)c2c(C)c(C(N)=O)c(C)n2CCF)C2CCOC(C(F)(F)F)C2)ccc1F. The number of hydrogen-bond donors (Lipinski definition) is 1. The molecule has 0 bridgehead atoms. The Morgan fingerprint density at radius 1 is 1.19 bits per heavy atom. The number of Topliss-reactive ketones (excluding diaryl/α,β-unsaturated/α-hetero) is 1. The zero-order valence-electron chi connectivity index (χ0n) is 19.9. The number of amides is 2. The molecule has 2 atom stereocenters. The van der Waals surface area contributed by atoms with E-state index in [4.69, 9.17) is 10.5 Å². The minimum absolute atomic E-state index is 0.0158. The molecule has 2 N–H and O–H groups in total. The molecule has 1 aromatic heterocycles. The fourth-order valence-electron chi connectivity index (χ4n) is 4.64. The number of nitrogens with two attached hydrogens (primary N) is 1. The van der Waals surface area contributed by atoms with Crippen molar-refractivity contribution < 1.29 is 41.1 Å². The Kier molecular flexibility index (Phi) is 7.87. The lowest BCUT2D eigenvalue weighted by molar-refractivity contribution is -0.231. The summed E-state index contributed by atoms with van der Waals surface area (Å²) in [6.07, 6.45) is -7.52. The standard InChI is InChI=1S/C24H26F5N3O4/c1-12-10-15(4-5-17(12)26)32(16-6-9-36-18(11-16)24(27,28)29)23(35)21(33)20-13(2)19(22(30)34)14(3)31(20)8-7-25/h4-5,10,16,18H,6-9,11H2,1-3H3,(H2,30,34). The van der Waals surface area contributed by atoms with Crippen LogP contribution in [0.3, 0.4) is 0 Å². The molecule has 0 spiro atoms. The summed E-state index contributed by atoms with van der Waals surface area (Å²) in [5, 5.41) is 0. The maximum atomic E-state index is 13.9. The monoisotopic (exact) mass is 515 g/mol. The zero-order valence-corrected chi connectivity index (χ0v) is 19.9. The average Bonchev–Trinajstić information content (AvgIpc) is 3.05. The predicted octanol–water partition coefficient (Wildman–Crippen LogP) is 3.95. The van der Waals surface area contributed by atoms with Crippen molar-refractivity contribution in [1.29, 1.82) is 0 Å². The number of primary amides is 1. The average molecular weight is 515 g/mol. The van der Waals surface area contributed by atoms with Crippen LogP contribution in [-0.4, -0.2) is 53.8 Å². The number of aromatic nitrogens is 1. The highest BCUT2D eigenvalue weighted by atomic mass is 19.4. The molecule has 1 fully saturated rings. The molecule has 1 aliphatic rings. The van der Waals surface area contributed by atoms with Gasteiger partial charge in [0.15, 0.2) is 6.10 Å². The topological polar surface area (TPSA) is 94.6 Å². The summed E-state index contributed by atoms with van der Waals surface area (Å²) in [7, 11) is 0. The third kappa shape index (κ3) is 5.13. The van der Waals surface area contributed by atoms with Crippen LogP contribution in [0.5, 0.6) is 0 Å². The quantitative estimate of drug-likeness (QED) is 0.343. The summed E-state index contributed by atoms with van der Waals surface area (Å²) in [6, 6.07) is 2.39. The largest absolute Gasteiger partial charge is 0.414 e. The molecule has 7 nitrogen and oxygen atoms in total. The number of aryl methyl sites for hydroxylation is 1. The molecule has 3 rings (SSSR count). The van der Waals surface area contributed by atoms with Gasteiger partial charge in [-0.3, -0.25) is 14.4 Å². The van der Waals surface area contributed by atoms with Crippen molar-refractivity contribution >= 4 is 23.3 Å². The maximum Gasteiger partial charge on any atom is 0.414 e. The van der Waals surface area contributed by atoms with Crippen molar-refractivity contribution in [2.45, 2.75) is 58.5 Å². The second-order valence-corrected chi connectivity index (χ2v) is 8.66. The minimum atomic E-state index is -4.70. The summed E-state index contributed by atoms with van der Waals surface area (Å²) in [6.45, 7) is 2.63. The van der Waals surface area contributed by atoms with E-state index in [2.05, 4.69) is 0 Å². The van der Waals surface area contributed by atoms with Crippen LogP contribution in [0.2, 0.25) is 0 Å². The van der Waals surface area contributed by atoms with Crippen LogP contribution in [-0.2, 0) is 16.1 Å². The third-order valence-corrected chi connectivity index (χ3v) is 6.36. The molecular formula is C24H26F5N3O4. The summed E-state index contributed by atoms with van der Waals surface area (Å²) < 4.78 is 73.5. The van der Waals surface area contributed by atoms with Gasteiger partial charge in [0.25, 0.3) is 11.7 Å². The van der Waals surface area contributed by atoms with Crippen molar-refractivity contribution in [1.82, 2.24) is 4.57 Å². The van der Waals surface area contributed by atoms with Crippen LogP contribution in [0.1, 0.15) is 50.5 Å². The molecule has 36 heavy (non-hydrogen) atoms. The third-order valence-electron chi connectivity index (χ3n) is 6.36. The lowest BCUT2D eigenvalue weighted by Crippen LogP contribution is -2.51. The van der Waals surface area contributed by atoms with Gasteiger partial charge < -0.3 is 19.9 Å². The highest BCUT2D eigenvalue weighted by Gasteiger charge is 2.46. The first-order chi connectivity index (χ1) is 16.8. The van der Waals surface area contributed by atoms with Gasteiger partial charge >= 0.3 is 12.1 Å². The van der Waals surface area contributed by atoms with Gasteiger partial charge in [-0.25, -0.2) is 8.78 Å². The summed E-state index contributed by atoms with van der Waals surface area (Å²) in [4.78, 5) is 40.0. The smallest absolute Gasteiger partial charge is 0.369 e. The Hall–Kier alpha value is -3.28. The van der Waals surface area contributed by atoms with E-state index in [1.807, 2.05) is 0 Å². The first kappa shape index (κ1) is 27.3. The van der Waals surface area contributed by atoms with Gasteiger partial charge in [0.05, 0.1) is 17.8 Å². The number of carbonyl (C=O) groups excluding carboxylic acids is 3. The number of ketones is 1. The van der Waals surface area contributed by atoms with Gasteiger partial charge in [-0.15, -0.1) is 0 Å². The number of ether oxygens (including phenoxy) is 1. The molecule has 0 saturated carbocycles. The van der Waals surface area contributed by atoms with Crippen LogP contribution in [0.15, 0.2) is 18.2 Å². The number of nitrogens with zero attached hydrogens (tertiary/aromatic N) is 2. The van der Waals surface area contributed by atoms with Crippen LogP contribution in [0, 0.1) is 26.6 Å². The molecule has 196 valence electrons. The second kappa shape index (κ2) is 10.4. The van der Waals surface area contributed by atoms with E-state index in [1.165, 1.54) is 32.9 Å². The summed E-state index contributed by atoms with van der Waals surface area (Å²) >= 11 is 0. The number of anilines is 1. The highest BCUT2D eigenvalue weighted by Crippen LogP contribution is 2.34. The fourth-order valence-corrected chi connectivity index (χ4v) is 4.64. The van der Waals surface area contributed by atoms with Crippen LogP contribution >= 0.6 is 0 Å². The Morgan fingerprint density at radius 2 is 1.86 bits per heavy atom. The number of alkyl halides is 4. The van der Waals surface area contributed by atoms with Crippen LogP contribution < -0.4 is 10.6 Å². The minimum Gasteiger partial charge on any atom is -0.369 e. The van der Waals surface area contributed by atoms with Crippen LogP contribution in [0.25, 0.3) is 0 Å². The van der Waals surface area contributed by atoms with Crippen LogP contribution in [0.4, 0.5) is 27.6 Å². The van der Waals surface area contributed by atoms with E-state index in [0.29, 0.717) is 0 Å². The number of halogens is 5. The van der Waals surface area contributed by atoms with E-state index in [-0.39, 0.29) is 53.3 Å². The maximum absolute atomic E-state index is 13.9. The highest BCUT2D eigenvalue weighted by molar-refractivity contribution is 6.47. The van der Waals surface area contributed by atoms with Crippen molar-refractivity contribution in [2.24, 2.45) is 5.73 Å². The van der Waals surface area contributed by atoms with Gasteiger partial charge in [0.1, 0.15) is 12.5 Å². The Morgan fingerprint density at radius 3 is 2.42 bits per heavy atom. The molecule has 2 aromatic rings. The normalized spacial score (nSPS) is 18.2. The number of benzene rings is 1. The summed E-state index contributed by atoms with van der Waals surface area (Å²) in [5.74, 6) is -3.85. The van der Waals surface area contributed by atoms with Gasteiger partial charge in [-0.2, -0.15) is 13.2 Å². The Labute approximate surface area is 204 Å². The lowest BCUT2D eigenvalue weighted by atomic mass is 9.98. The molecule has 0 aliphatic carbocycles. The molecule has 0 radical (unpaired) electrons. The molecule has 12 heteroatoms.